The number of hydrogen-bond acceptors (Lipinski definition) is 4. The van der Waals surface area contributed by atoms with Gasteiger partial charge in [0.05, 0.1) is 0 Å². The summed E-state index contributed by atoms with van der Waals surface area (Å²) in [5.74, 6) is -0.373. The highest BCUT2D eigenvalue weighted by Crippen LogP contribution is 2.10. The van der Waals surface area contributed by atoms with Crippen LogP contribution in [-0.4, -0.2) is 34.1 Å². The molecule has 0 saturated heterocycles. The van der Waals surface area contributed by atoms with Crippen molar-refractivity contribution in [3.8, 4) is 0 Å². The normalized spacial score (nSPS) is 10.2. The zero-order valence-corrected chi connectivity index (χ0v) is 9.90. The van der Waals surface area contributed by atoms with Gasteiger partial charge in [-0.15, -0.1) is 0 Å². The van der Waals surface area contributed by atoms with E-state index in [0.29, 0.717) is 12.5 Å². The van der Waals surface area contributed by atoms with Crippen LogP contribution < -0.4 is 4.90 Å². The SMILES string of the molecule is CCCN(CC(=O)O)c1ncc(C)c(C)n1. The number of aliphatic carboxylic acids is 1. The van der Waals surface area contributed by atoms with Crippen molar-refractivity contribution in [2.24, 2.45) is 0 Å². The Labute approximate surface area is 95.1 Å². The second-order valence-corrected chi connectivity index (χ2v) is 3.75. The van der Waals surface area contributed by atoms with Crippen LogP contribution in [-0.2, 0) is 4.79 Å². The minimum Gasteiger partial charge on any atom is -0.480 e. The van der Waals surface area contributed by atoms with Crippen molar-refractivity contribution in [2.75, 3.05) is 18.0 Å². The molecule has 16 heavy (non-hydrogen) atoms. The molecule has 88 valence electrons. The van der Waals surface area contributed by atoms with E-state index in [0.717, 1.165) is 17.7 Å². The molecular weight excluding hydrogens is 206 g/mol. The summed E-state index contributed by atoms with van der Waals surface area (Å²) < 4.78 is 0. The van der Waals surface area contributed by atoms with Gasteiger partial charge in [-0.2, -0.15) is 0 Å². The van der Waals surface area contributed by atoms with E-state index in [1.165, 1.54) is 0 Å². The smallest absolute Gasteiger partial charge is 0.323 e. The summed E-state index contributed by atoms with van der Waals surface area (Å²) in [6.07, 6.45) is 2.59. The molecule has 0 amide bonds. The zero-order chi connectivity index (χ0) is 12.1. The first-order valence-corrected chi connectivity index (χ1v) is 5.31. The summed E-state index contributed by atoms with van der Waals surface area (Å²) in [4.78, 5) is 20.8. The molecule has 0 unspecified atom stereocenters. The number of aromatic nitrogens is 2. The lowest BCUT2D eigenvalue weighted by atomic mass is 10.3. The Balaban J connectivity index is 2.91. The third-order valence-electron chi connectivity index (χ3n) is 2.31. The van der Waals surface area contributed by atoms with E-state index < -0.39 is 5.97 Å². The number of nitrogens with zero attached hydrogens (tertiary/aromatic N) is 3. The molecule has 1 rings (SSSR count). The van der Waals surface area contributed by atoms with E-state index in [1.54, 1.807) is 11.1 Å². The van der Waals surface area contributed by atoms with E-state index in [-0.39, 0.29) is 6.54 Å². The van der Waals surface area contributed by atoms with E-state index in [1.807, 2.05) is 20.8 Å². The lowest BCUT2D eigenvalue weighted by molar-refractivity contribution is -0.135. The molecule has 0 aliphatic rings. The predicted molar refractivity (Wildman–Crippen MR) is 61.6 cm³/mol. The van der Waals surface area contributed by atoms with Crippen molar-refractivity contribution in [3.63, 3.8) is 0 Å². The number of anilines is 1. The van der Waals surface area contributed by atoms with Crippen LogP contribution >= 0.6 is 0 Å². The van der Waals surface area contributed by atoms with Gasteiger partial charge < -0.3 is 10.0 Å². The van der Waals surface area contributed by atoms with Crippen LogP contribution in [0.2, 0.25) is 0 Å². The standard InChI is InChI=1S/C11H17N3O2/c1-4-5-14(7-10(15)16)11-12-6-8(2)9(3)13-11/h6H,4-5,7H2,1-3H3,(H,15,16). The maximum absolute atomic E-state index is 10.7. The van der Waals surface area contributed by atoms with Crippen LogP contribution in [0.5, 0.6) is 0 Å². The molecule has 0 saturated carbocycles. The fraction of sp³-hybridized carbons (Fsp3) is 0.545. The maximum Gasteiger partial charge on any atom is 0.323 e. The van der Waals surface area contributed by atoms with Gasteiger partial charge in [-0.05, 0) is 25.8 Å². The van der Waals surface area contributed by atoms with E-state index >= 15 is 0 Å². The quantitative estimate of drug-likeness (QED) is 0.817. The highest BCUT2D eigenvalue weighted by Gasteiger charge is 2.12. The highest BCUT2D eigenvalue weighted by atomic mass is 16.4. The molecule has 0 fully saturated rings. The maximum atomic E-state index is 10.7. The number of carboxylic acids is 1. The lowest BCUT2D eigenvalue weighted by Crippen LogP contribution is -2.32. The number of carboxylic acid groups (broad SMARTS) is 1. The first-order chi connectivity index (χ1) is 7.54. The van der Waals surface area contributed by atoms with E-state index in [4.69, 9.17) is 5.11 Å². The van der Waals surface area contributed by atoms with Gasteiger partial charge in [-0.3, -0.25) is 4.79 Å². The number of aryl methyl sites for hydroxylation is 2. The molecule has 5 nitrogen and oxygen atoms in total. The molecular formula is C11H17N3O2. The van der Waals surface area contributed by atoms with Crippen LogP contribution in [0.15, 0.2) is 6.20 Å². The Kier molecular flexibility index (Phi) is 4.22. The van der Waals surface area contributed by atoms with Gasteiger partial charge in [0, 0.05) is 18.4 Å². The van der Waals surface area contributed by atoms with Crippen molar-refractivity contribution >= 4 is 11.9 Å². The molecule has 1 aromatic heterocycles. The van der Waals surface area contributed by atoms with Crippen molar-refractivity contribution in [1.29, 1.82) is 0 Å². The molecule has 1 aromatic rings. The number of rotatable bonds is 5. The van der Waals surface area contributed by atoms with Crippen LogP contribution in [0.3, 0.4) is 0 Å². The van der Waals surface area contributed by atoms with Gasteiger partial charge in [0.25, 0.3) is 0 Å². The second kappa shape index (κ2) is 5.44. The fourth-order valence-corrected chi connectivity index (χ4v) is 1.35. The summed E-state index contributed by atoms with van der Waals surface area (Å²) in [5, 5.41) is 8.80. The van der Waals surface area contributed by atoms with Crippen LogP contribution in [0.1, 0.15) is 24.6 Å². The molecule has 1 heterocycles. The van der Waals surface area contributed by atoms with E-state index in [9.17, 15) is 4.79 Å². The minimum atomic E-state index is -0.865. The third-order valence-corrected chi connectivity index (χ3v) is 2.31. The van der Waals surface area contributed by atoms with Gasteiger partial charge in [0.2, 0.25) is 5.95 Å². The Morgan fingerprint density at radius 3 is 2.69 bits per heavy atom. The number of carbonyl (C=O) groups is 1. The first kappa shape index (κ1) is 12.4. The molecule has 0 atom stereocenters. The summed E-state index contributed by atoms with van der Waals surface area (Å²) in [7, 11) is 0. The predicted octanol–water partition coefficient (Wildman–Crippen LogP) is 1.39. The monoisotopic (exact) mass is 223 g/mol. The fourth-order valence-electron chi connectivity index (χ4n) is 1.35. The minimum absolute atomic E-state index is 0.0592. The summed E-state index contributed by atoms with van der Waals surface area (Å²) in [6.45, 7) is 6.41. The number of hydrogen-bond donors (Lipinski definition) is 1. The van der Waals surface area contributed by atoms with Crippen molar-refractivity contribution in [1.82, 2.24) is 9.97 Å². The Hall–Kier alpha value is -1.65. The topological polar surface area (TPSA) is 66.3 Å². The molecule has 5 heteroatoms. The molecule has 0 spiro atoms. The van der Waals surface area contributed by atoms with Gasteiger partial charge in [0.1, 0.15) is 6.54 Å². The molecule has 0 aliphatic heterocycles. The average molecular weight is 223 g/mol. The van der Waals surface area contributed by atoms with E-state index in [2.05, 4.69) is 9.97 Å². The van der Waals surface area contributed by atoms with Crippen molar-refractivity contribution in [3.05, 3.63) is 17.5 Å². The third kappa shape index (κ3) is 3.18. The molecule has 0 bridgehead atoms. The van der Waals surface area contributed by atoms with Crippen LogP contribution in [0.25, 0.3) is 0 Å². The lowest BCUT2D eigenvalue weighted by Gasteiger charge is -2.20. The molecule has 1 N–H and O–H groups in total. The Morgan fingerprint density at radius 1 is 1.50 bits per heavy atom. The molecule has 0 radical (unpaired) electrons. The average Bonchev–Trinajstić information content (AvgIpc) is 2.21. The summed E-state index contributed by atoms with van der Waals surface area (Å²) >= 11 is 0. The molecule has 0 aliphatic carbocycles. The van der Waals surface area contributed by atoms with Gasteiger partial charge in [-0.25, -0.2) is 9.97 Å². The zero-order valence-electron chi connectivity index (χ0n) is 9.90. The largest absolute Gasteiger partial charge is 0.480 e. The Bertz CT molecular complexity index is 379. The van der Waals surface area contributed by atoms with Crippen LogP contribution in [0.4, 0.5) is 5.95 Å². The van der Waals surface area contributed by atoms with Gasteiger partial charge >= 0.3 is 5.97 Å². The molecule has 0 aromatic carbocycles. The highest BCUT2D eigenvalue weighted by molar-refractivity contribution is 5.72. The van der Waals surface area contributed by atoms with Crippen molar-refractivity contribution in [2.45, 2.75) is 27.2 Å². The Morgan fingerprint density at radius 2 is 2.19 bits per heavy atom. The summed E-state index contributed by atoms with van der Waals surface area (Å²) in [6, 6.07) is 0. The van der Waals surface area contributed by atoms with Crippen molar-refractivity contribution < 1.29 is 9.90 Å². The summed E-state index contributed by atoms with van der Waals surface area (Å²) in [5.41, 5.74) is 1.90. The van der Waals surface area contributed by atoms with Gasteiger partial charge in [-0.1, -0.05) is 6.92 Å². The first-order valence-electron chi connectivity index (χ1n) is 5.31. The van der Waals surface area contributed by atoms with Crippen LogP contribution in [0, 0.1) is 13.8 Å². The second-order valence-electron chi connectivity index (χ2n) is 3.75. The van der Waals surface area contributed by atoms with Gasteiger partial charge in [0.15, 0.2) is 0 Å².